The van der Waals surface area contributed by atoms with Gasteiger partial charge in [-0.1, -0.05) is 18.2 Å². The quantitative estimate of drug-likeness (QED) is 0.764. The second-order valence-corrected chi connectivity index (χ2v) is 4.06. The molecular formula is C14H11FN4. The number of benzene rings is 1. The molecule has 2 N–H and O–H groups in total. The summed E-state index contributed by atoms with van der Waals surface area (Å²) in [5, 5.41) is 4.35. The van der Waals surface area contributed by atoms with Crippen LogP contribution in [-0.4, -0.2) is 14.8 Å². The Hall–Kier alpha value is -2.69. The summed E-state index contributed by atoms with van der Waals surface area (Å²) in [6.07, 6.45) is 1.66. The molecular weight excluding hydrogens is 243 g/mol. The first-order valence-corrected chi connectivity index (χ1v) is 5.77. The molecule has 94 valence electrons. The van der Waals surface area contributed by atoms with E-state index in [0.717, 1.165) is 0 Å². The Morgan fingerprint density at radius 1 is 1.05 bits per heavy atom. The topological polar surface area (TPSA) is 56.7 Å². The molecule has 3 rings (SSSR count). The second kappa shape index (κ2) is 4.53. The van der Waals surface area contributed by atoms with Gasteiger partial charge in [0.2, 0.25) is 0 Å². The minimum Gasteiger partial charge on any atom is -0.384 e. The van der Waals surface area contributed by atoms with Crippen molar-refractivity contribution in [1.82, 2.24) is 14.8 Å². The average molecular weight is 254 g/mol. The predicted octanol–water partition coefficient (Wildman–Crippen LogP) is 2.66. The van der Waals surface area contributed by atoms with E-state index in [2.05, 4.69) is 10.1 Å². The van der Waals surface area contributed by atoms with E-state index in [0.29, 0.717) is 22.9 Å². The van der Waals surface area contributed by atoms with Gasteiger partial charge in [0.15, 0.2) is 5.82 Å². The molecule has 0 radical (unpaired) electrons. The lowest BCUT2D eigenvalue weighted by Gasteiger charge is -2.01. The monoisotopic (exact) mass is 254 g/mol. The normalized spacial score (nSPS) is 10.6. The number of hydrogen-bond donors (Lipinski definition) is 1. The van der Waals surface area contributed by atoms with Crippen LogP contribution < -0.4 is 5.73 Å². The van der Waals surface area contributed by atoms with Crippen LogP contribution in [0.3, 0.4) is 0 Å². The highest BCUT2D eigenvalue weighted by atomic mass is 19.1. The largest absolute Gasteiger partial charge is 0.384 e. The van der Waals surface area contributed by atoms with Crippen LogP contribution in [0.2, 0.25) is 0 Å². The van der Waals surface area contributed by atoms with Gasteiger partial charge in [-0.3, -0.25) is 0 Å². The number of aromatic nitrogens is 3. The fraction of sp³-hybridized carbons (Fsp3) is 0. The molecule has 0 aliphatic rings. The van der Waals surface area contributed by atoms with E-state index < -0.39 is 0 Å². The summed E-state index contributed by atoms with van der Waals surface area (Å²) in [4.78, 5) is 4.18. The predicted molar refractivity (Wildman–Crippen MR) is 71.2 cm³/mol. The first-order chi connectivity index (χ1) is 9.24. The van der Waals surface area contributed by atoms with Gasteiger partial charge in [0.25, 0.3) is 0 Å². The van der Waals surface area contributed by atoms with Crippen molar-refractivity contribution in [3.8, 4) is 17.1 Å². The maximum Gasteiger partial charge on any atom is 0.155 e. The molecule has 1 aromatic carbocycles. The van der Waals surface area contributed by atoms with E-state index in [1.807, 2.05) is 12.1 Å². The highest BCUT2D eigenvalue weighted by Crippen LogP contribution is 2.22. The van der Waals surface area contributed by atoms with Gasteiger partial charge in [-0.2, -0.15) is 9.78 Å². The van der Waals surface area contributed by atoms with Gasteiger partial charge in [0.1, 0.15) is 11.6 Å². The van der Waals surface area contributed by atoms with Crippen LogP contribution in [0, 0.1) is 5.82 Å². The van der Waals surface area contributed by atoms with Crippen LogP contribution in [0.25, 0.3) is 17.1 Å². The Balaban J connectivity index is 2.07. The molecule has 0 bridgehead atoms. The lowest BCUT2D eigenvalue weighted by atomic mass is 10.1. The van der Waals surface area contributed by atoms with Crippen LogP contribution in [0.4, 0.5) is 10.2 Å². The van der Waals surface area contributed by atoms with E-state index in [1.54, 1.807) is 30.5 Å². The molecule has 0 aliphatic heterocycles. The minimum atomic E-state index is -0.302. The molecule has 2 aromatic heterocycles. The summed E-state index contributed by atoms with van der Waals surface area (Å²) >= 11 is 0. The molecule has 0 amide bonds. The molecule has 2 heterocycles. The van der Waals surface area contributed by atoms with Crippen LogP contribution in [0.5, 0.6) is 0 Å². The van der Waals surface area contributed by atoms with Crippen molar-refractivity contribution >= 4 is 5.82 Å². The molecule has 19 heavy (non-hydrogen) atoms. The van der Waals surface area contributed by atoms with Crippen molar-refractivity contribution in [2.75, 3.05) is 5.73 Å². The molecule has 0 atom stereocenters. The third-order valence-corrected chi connectivity index (χ3v) is 2.72. The maximum absolute atomic E-state index is 13.2. The molecule has 5 heteroatoms. The smallest absolute Gasteiger partial charge is 0.155 e. The van der Waals surface area contributed by atoms with Gasteiger partial charge in [-0.15, -0.1) is 0 Å². The highest BCUT2D eigenvalue weighted by molar-refractivity contribution is 5.63. The number of halogens is 1. The van der Waals surface area contributed by atoms with Crippen molar-refractivity contribution in [2.24, 2.45) is 0 Å². The van der Waals surface area contributed by atoms with Crippen molar-refractivity contribution in [1.29, 1.82) is 0 Å². The molecule has 0 spiro atoms. The standard InChI is InChI=1S/C14H11FN4/c15-11-5-3-4-10(8-11)12-9-13(16)19(18-12)14-6-1-2-7-17-14/h1-9H,16H2. The van der Waals surface area contributed by atoms with E-state index in [9.17, 15) is 4.39 Å². The average Bonchev–Trinajstić information content (AvgIpc) is 2.82. The summed E-state index contributed by atoms with van der Waals surface area (Å²) in [5.41, 5.74) is 7.21. The molecule has 0 unspecified atom stereocenters. The van der Waals surface area contributed by atoms with Crippen LogP contribution in [0.1, 0.15) is 0 Å². The number of anilines is 1. The van der Waals surface area contributed by atoms with Gasteiger partial charge in [-0.05, 0) is 24.3 Å². The molecule has 0 fully saturated rings. The van der Waals surface area contributed by atoms with E-state index in [1.165, 1.54) is 16.8 Å². The Kier molecular flexibility index (Phi) is 2.72. The second-order valence-electron chi connectivity index (χ2n) is 4.06. The lowest BCUT2D eigenvalue weighted by molar-refractivity contribution is 0.628. The zero-order valence-corrected chi connectivity index (χ0v) is 9.99. The number of pyridine rings is 1. The fourth-order valence-corrected chi connectivity index (χ4v) is 1.85. The lowest BCUT2D eigenvalue weighted by Crippen LogP contribution is -2.03. The summed E-state index contributed by atoms with van der Waals surface area (Å²) in [6, 6.07) is 13.4. The molecule has 0 saturated carbocycles. The zero-order chi connectivity index (χ0) is 13.2. The zero-order valence-electron chi connectivity index (χ0n) is 9.99. The number of rotatable bonds is 2. The van der Waals surface area contributed by atoms with Crippen molar-refractivity contribution < 1.29 is 4.39 Å². The Morgan fingerprint density at radius 2 is 1.95 bits per heavy atom. The van der Waals surface area contributed by atoms with Crippen molar-refractivity contribution in [2.45, 2.75) is 0 Å². The van der Waals surface area contributed by atoms with Crippen molar-refractivity contribution in [3.63, 3.8) is 0 Å². The summed E-state index contributed by atoms with van der Waals surface area (Å²) < 4.78 is 14.7. The van der Waals surface area contributed by atoms with Gasteiger partial charge in [0.05, 0.1) is 5.69 Å². The van der Waals surface area contributed by atoms with E-state index >= 15 is 0 Å². The van der Waals surface area contributed by atoms with Crippen LogP contribution in [-0.2, 0) is 0 Å². The summed E-state index contributed by atoms with van der Waals surface area (Å²) in [5.74, 6) is 0.782. The highest BCUT2D eigenvalue weighted by Gasteiger charge is 2.09. The number of nitrogens with two attached hydrogens (primary N) is 1. The number of nitrogens with zero attached hydrogens (tertiary/aromatic N) is 3. The first kappa shape index (κ1) is 11.4. The SMILES string of the molecule is Nc1cc(-c2cccc(F)c2)nn1-c1ccccn1. The Labute approximate surface area is 109 Å². The van der Waals surface area contributed by atoms with Gasteiger partial charge < -0.3 is 5.73 Å². The van der Waals surface area contributed by atoms with Gasteiger partial charge >= 0.3 is 0 Å². The fourth-order valence-electron chi connectivity index (χ4n) is 1.85. The molecule has 4 nitrogen and oxygen atoms in total. The number of hydrogen-bond acceptors (Lipinski definition) is 3. The molecule has 0 saturated heterocycles. The summed E-state index contributed by atoms with van der Waals surface area (Å²) in [6.45, 7) is 0. The summed E-state index contributed by atoms with van der Waals surface area (Å²) in [7, 11) is 0. The third-order valence-electron chi connectivity index (χ3n) is 2.72. The van der Waals surface area contributed by atoms with Gasteiger partial charge in [-0.25, -0.2) is 9.37 Å². The number of nitrogen functional groups attached to an aromatic ring is 1. The van der Waals surface area contributed by atoms with Gasteiger partial charge in [0, 0.05) is 17.8 Å². The van der Waals surface area contributed by atoms with Crippen LogP contribution >= 0.6 is 0 Å². The van der Waals surface area contributed by atoms with Crippen LogP contribution in [0.15, 0.2) is 54.7 Å². The Bertz CT molecular complexity index is 706. The maximum atomic E-state index is 13.2. The molecule has 3 aromatic rings. The minimum absolute atomic E-state index is 0.302. The Morgan fingerprint density at radius 3 is 2.68 bits per heavy atom. The van der Waals surface area contributed by atoms with E-state index in [4.69, 9.17) is 5.73 Å². The van der Waals surface area contributed by atoms with Crippen molar-refractivity contribution in [3.05, 3.63) is 60.5 Å². The van der Waals surface area contributed by atoms with E-state index in [-0.39, 0.29) is 5.82 Å². The third kappa shape index (κ3) is 2.18. The first-order valence-electron chi connectivity index (χ1n) is 5.77. The molecule has 0 aliphatic carbocycles.